The van der Waals surface area contributed by atoms with Crippen molar-refractivity contribution >= 4 is 62.8 Å². The maximum Gasteiger partial charge on any atom is 0.0660 e. The summed E-state index contributed by atoms with van der Waals surface area (Å²) in [5, 5.41) is 4.98. The van der Waals surface area contributed by atoms with Gasteiger partial charge in [0.2, 0.25) is 0 Å². The van der Waals surface area contributed by atoms with E-state index in [0.29, 0.717) is 11.1 Å². The first-order chi connectivity index (χ1) is 9.13. The van der Waals surface area contributed by atoms with E-state index in [4.69, 9.17) is 23.2 Å². The van der Waals surface area contributed by atoms with Gasteiger partial charge in [-0.2, -0.15) is 0 Å². The van der Waals surface area contributed by atoms with Crippen molar-refractivity contribution in [3.05, 3.63) is 47.6 Å². The van der Waals surface area contributed by atoms with Crippen LogP contribution < -0.4 is 5.32 Å². The molecule has 1 aliphatic carbocycles. The van der Waals surface area contributed by atoms with Crippen LogP contribution in [0.5, 0.6) is 0 Å². The van der Waals surface area contributed by atoms with E-state index in [1.54, 1.807) is 0 Å². The van der Waals surface area contributed by atoms with Crippen molar-refractivity contribution in [2.75, 3.05) is 5.32 Å². The number of aryl methyl sites for hydroxylation is 1. The van der Waals surface area contributed by atoms with Crippen LogP contribution in [0.1, 0.15) is 29.3 Å². The molecule has 3 rings (SSSR count). The molecular formula is C14H12Cl2INS. The predicted octanol–water partition coefficient (Wildman–Crippen LogP) is 6.15. The number of fused-ring (bicyclic) bond motifs is 1. The van der Waals surface area contributed by atoms with Gasteiger partial charge in [-0.3, -0.25) is 0 Å². The zero-order valence-electron chi connectivity index (χ0n) is 10.1. The van der Waals surface area contributed by atoms with Crippen molar-refractivity contribution in [1.82, 2.24) is 0 Å². The molecule has 0 saturated heterocycles. The smallest absolute Gasteiger partial charge is 0.0660 e. The summed E-state index contributed by atoms with van der Waals surface area (Å²) >= 11 is 16.6. The van der Waals surface area contributed by atoms with Crippen LogP contribution in [0.4, 0.5) is 5.69 Å². The van der Waals surface area contributed by atoms with E-state index in [1.807, 2.05) is 29.5 Å². The normalized spacial score (nSPS) is 18.2. The SMILES string of the molecule is Clc1ccc(Cl)c(NC2CCCc3sc(I)cc32)c1. The van der Waals surface area contributed by atoms with Crippen molar-refractivity contribution in [3.63, 3.8) is 0 Å². The zero-order chi connectivity index (χ0) is 13.4. The Balaban J connectivity index is 1.90. The van der Waals surface area contributed by atoms with Crippen LogP contribution in [0.2, 0.25) is 10.0 Å². The number of halogens is 3. The summed E-state index contributed by atoms with van der Waals surface area (Å²) in [7, 11) is 0. The van der Waals surface area contributed by atoms with Gasteiger partial charge in [-0.05, 0) is 71.7 Å². The molecule has 0 amide bonds. The van der Waals surface area contributed by atoms with Gasteiger partial charge < -0.3 is 5.32 Å². The molecule has 1 N–H and O–H groups in total. The molecular weight excluding hydrogens is 412 g/mol. The fourth-order valence-electron chi connectivity index (χ4n) is 2.47. The van der Waals surface area contributed by atoms with Gasteiger partial charge in [0.05, 0.1) is 19.6 Å². The molecule has 2 aromatic rings. The Bertz CT molecular complexity index is 611. The summed E-state index contributed by atoms with van der Waals surface area (Å²) in [6, 6.07) is 8.19. The van der Waals surface area contributed by atoms with Crippen LogP contribution in [0, 0.1) is 2.88 Å². The molecule has 1 aliphatic rings. The molecule has 0 saturated carbocycles. The van der Waals surface area contributed by atoms with Crippen LogP contribution in [-0.2, 0) is 6.42 Å². The largest absolute Gasteiger partial charge is 0.377 e. The number of thiophene rings is 1. The molecule has 0 radical (unpaired) electrons. The Labute approximate surface area is 140 Å². The van der Waals surface area contributed by atoms with Crippen LogP contribution >= 0.6 is 57.1 Å². The second-order valence-corrected chi connectivity index (χ2v) is 8.52. The zero-order valence-corrected chi connectivity index (χ0v) is 14.5. The average molecular weight is 424 g/mol. The second-order valence-electron chi connectivity index (χ2n) is 4.64. The second kappa shape index (κ2) is 5.80. The average Bonchev–Trinajstić information content (AvgIpc) is 2.75. The Morgan fingerprint density at radius 2 is 2.11 bits per heavy atom. The molecule has 0 fully saturated rings. The van der Waals surface area contributed by atoms with Crippen LogP contribution in [0.25, 0.3) is 0 Å². The molecule has 1 nitrogen and oxygen atoms in total. The summed E-state index contributed by atoms with van der Waals surface area (Å²) in [4.78, 5) is 1.51. The van der Waals surface area contributed by atoms with Gasteiger partial charge in [0.25, 0.3) is 0 Å². The monoisotopic (exact) mass is 423 g/mol. The maximum absolute atomic E-state index is 6.23. The minimum atomic E-state index is 0.347. The molecule has 1 unspecified atom stereocenters. The molecule has 1 atom stereocenters. The molecule has 100 valence electrons. The van der Waals surface area contributed by atoms with Gasteiger partial charge in [-0.25, -0.2) is 0 Å². The summed E-state index contributed by atoms with van der Waals surface area (Å²) in [5.41, 5.74) is 2.35. The van der Waals surface area contributed by atoms with Crippen LogP contribution in [0.3, 0.4) is 0 Å². The number of hydrogen-bond acceptors (Lipinski definition) is 2. The number of benzene rings is 1. The standard InChI is InChI=1S/C14H12Cl2INS/c15-8-4-5-10(16)12(6-8)18-11-2-1-3-13-9(11)7-14(17)19-13/h4-7,11,18H,1-3H2. The molecule has 1 heterocycles. The summed E-state index contributed by atoms with van der Waals surface area (Å²) in [5.74, 6) is 0. The first-order valence-electron chi connectivity index (χ1n) is 6.13. The Morgan fingerprint density at radius 1 is 1.26 bits per heavy atom. The molecule has 1 aromatic heterocycles. The van der Waals surface area contributed by atoms with E-state index in [9.17, 15) is 0 Å². The highest BCUT2D eigenvalue weighted by Crippen LogP contribution is 2.39. The van der Waals surface area contributed by atoms with Gasteiger partial charge in [0.1, 0.15) is 0 Å². The van der Waals surface area contributed by atoms with Crippen LogP contribution in [-0.4, -0.2) is 0 Å². The van der Waals surface area contributed by atoms with Crippen molar-refractivity contribution < 1.29 is 0 Å². The van der Waals surface area contributed by atoms with E-state index in [-0.39, 0.29) is 0 Å². The fourth-order valence-corrected chi connectivity index (χ4v) is 4.93. The summed E-state index contributed by atoms with van der Waals surface area (Å²) in [6.45, 7) is 0. The van der Waals surface area contributed by atoms with Crippen molar-refractivity contribution in [2.24, 2.45) is 0 Å². The van der Waals surface area contributed by atoms with Crippen molar-refractivity contribution in [3.8, 4) is 0 Å². The van der Waals surface area contributed by atoms with Gasteiger partial charge in [-0.1, -0.05) is 23.2 Å². The van der Waals surface area contributed by atoms with E-state index in [0.717, 1.165) is 17.1 Å². The number of rotatable bonds is 2. The lowest BCUT2D eigenvalue weighted by atomic mass is 9.94. The molecule has 1 aromatic carbocycles. The minimum Gasteiger partial charge on any atom is -0.377 e. The maximum atomic E-state index is 6.23. The summed E-state index contributed by atoms with van der Waals surface area (Å²) < 4.78 is 1.36. The van der Waals surface area contributed by atoms with Crippen molar-refractivity contribution in [1.29, 1.82) is 0 Å². The van der Waals surface area contributed by atoms with E-state index < -0.39 is 0 Å². The highest BCUT2D eigenvalue weighted by atomic mass is 127. The number of anilines is 1. The lowest BCUT2D eigenvalue weighted by Gasteiger charge is -2.25. The third kappa shape index (κ3) is 3.04. The van der Waals surface area contributed by atoms with Gasteiger partial charge in [0.15, 0.2) is 0 Å². The molecule has 5 heteroatoms. The lowest BCUT2D eigenvalue weighted by molar-refractivity contribution is 0.609. The quantitative estimate of drug-likeness (QED) is 0.571. The molecule has 0 spiro atoms. The van der Waals surface area contributed by atoms with Crippen LogP contribution in [0.15, 0.2) is 24.3 Å². The van der Waals surface area contributed by atoms with E-state index >= 15 is 0 Å². The lowest BCUT2D eigenvalue weighted by Crippen LogP contribution is -2.15. The summed E-state index contributed by atoms with van der Waals surface area (Å²) in [6.07, 6.45) is 3.56. The highest BCUT2D eigenvalue weighted by Gasteiger charge is 2.23. The van der Waals surface area contributed by atoms with Gasteiger partial charge >= 0.3 is 0 Å². The Morgan fingerprint density at radius 3 is 2.95 bits per heavy atom. The predicted molar refractivity (Wildman–Crippen MR) is 92.8 cm³/mol. The minimum absolute atomic E-state index is 0.347. The Kier molecular flexibility index (Phi) is 4.27. The Hall–Kier alpha value is 0.0300. The topological polar surface area (TPSA) is 12.0 Å². The molecule has 19 heavy (non-hydrogen) atoms. The number of nitrogens with one attached hydrogen (secondary N) is 1. The first-order valence-corrected chi connectivity index (χ1v) is 8.78. The van der Waals surface area contributed by atoms with E-state index in [2.05, 4.69) is 34.0 Å². The third-order valence-corrected chi connectivity index (χ3v) is 5.88. The first kappa shape index (κ1) is 14.0. The highest BCUT2D eigenvalue weighted by molar-refractivity contribution is 14.1. The third-order valence-electron chi connectivity index (χ3n) is 3.34. The van der Waals surface area contributed by atoms with Crippen molar-refractivity contribution in [2.45, 2.75) is 25.3 Å². The molecule has 0 bridgehead atoms. The molecule has 0 aliphatic heterocycles. The van der Waals surface area contributed by atoms with Gasteiger partial charge in [-0.15, -0.1) is 11.3 Å². The van der Waals surface area contributed by atoms with E-state index in [1.165, 1.54) is 26.2 Å². The fraction of sp³-hybridized carbons (Fsp3) is 0.286. The van der Waals surface area contributed by atoms with Gasteiger partial charge in [0, 0.05) is 9.90 Å². The number of hydrogen-bond donors (Lipinski definition) is 1.